The number of rotatable bonds is 2. The maximum Gasteiger partial charge on any atom is 0.214 e. The highest BCUT2D eigenvalue weighted by Crippen LogP contribution is 2.39. The summed E-state index contributed by atoms with van der Waals surface area (Å²) >= 11 is 1.82. The molecule has 86 valence electrons. The zero-order valence-corrected chi connectivity index (χ0v) is 9.88. The Balaban J connectivity index is 1.84. The monoisotopic (exact) mass is 246 g/mol. The number of halogens is 1. The Hall–Kier alpha value is -1.55. The Labute approximate surface area is 103 Å². The molecule has 1 aromatic heterocycles. The van der Waals surface area contributed by atoms with E-state index in [4.69, 9.17) is 0 Å². The summed E-state index contributed by atoms with van der Waals surface area (Å²) in [6.45, 7) is 0. The molecule has 1 unspecified atom stereocenters. The third-order valence-electron chi connectivity index (χ3n) is 2.74. The highest BCUT2D eigenvalue weighted by atomic mass is 32.2. The predicted molar refractivity (Wildman–Crippen MR) is 67.7 cm³/mol. The number of hydrogen-bond donors (Lipinski definition) is 1. The zero-order valence-electron chi connectivity index (χ0n) is 9.06. The van der Waals surface area contributed by atoms with E-state index >= 15 is 0 Å². The quantitative estimate of drug-likeness (QED) is 0.821. The maximum atomic E-state index is 13.0. The van der Waals surface area contributed by atoms with E-state index in [0.717, 1.165) is 5.75 Å². The fraction of sp³-hybridized carbons (Fsp3) is 0.154. The molecule has 0 fully saturated rings. The first-order chi connectivity index (χ1) is 8.33. The van der Waals surface area contributed by atoms with Crippen LogP contribution >= 0.6 is 11.8 Å². The Bertz CT molecular complexity index is 544. The molecule has 1 aliphatic heterocycles. The number of pyridine rings is 1. The molecule has 3 rings (SSSR count). The first-order valence-corrected chi connectivity index (χ1v) is 6.42. The number of nitrogens with one attached hydrogen (secondary N) is 1. The van der Waals surface area contributed by atoms with E-state index in [1.165, 1.54) is 16.5 Å². The number of benzene rings is 1. The van der Waals surface area contributed by atoms with Crippen LogP contribution in [0.25, 0.3) is 0 Å². The number of aromatic nitrogens is 1. The van der Waals surface area contributed by atoms with Gasteiger partial charge >= 0.3 is 0 Å². The van der Waals surface area contributed by atoms with Crippen molar-refractivity contribution in [2.24, 2.45) is 0 Å². The lowest BCUT2D eigenvalue weighted by atomic mass is 10.1. The molecule has 1 atom stereocenters. The van der Waals surface area contributed by atoms with Crippen molar-refractivity contribution < 1.29 is 4.39 Å². The van der Waals surface area contributed by atoms with Crippen LogP contribution in [-0.2, 0) is 0 Å². The van der Waals surface area contributed by atoms with Crippen molar-refractivity contribution in [3.05, 3.63) is 54.0 Å². The van der Waals surface area contributed by atoms with Gasteiger partial charge in [-0.1, -0.05) is 24.3 Å². The summed E-state index contributed by atoms with van der Waals surface area (Å²) in [5.41, 5.74) is 1.27. The smallest absolute Gasteiger partial charge is 0.214 e. The van der Waals surface area contributed by atoms with Crippen LogP contribution in [0.2, 0.25) is 0 Å². The van der Waals surface area contributed by atoms with Gasteiger partial charge in [-0.25, -0.2) is 4.98 Å². The maximum absolute atomic E-state index is 13.0. The summed E-state index contributed by atoms with van der Waals surface area (Å²) in [7, 11) is 0. The summed E-state index contributed by atoms with van der Waals surface area (Å²) in [4.78, 5) is 5.12. The Morgan fingerprint density at radius 2 is 2.06 bits per heavy atom. The average molecular weight is 246 g/mol. The van der Waals surface area contributed by atoms with Crippen LogP contribution in [0.4, 0.5) is 10.2 Å². The molecule has 0 saturated carbocycles. The van der Waals surface area contributed by atoms with Crippen LogP contribution in [0.5, 0.6) is 0 Å². The van der Waals surface area contributed by atoms with E-state index in [9.17, 15) is 4.39 Å². The van der Waals surface area contributed by atoms with Crippen molar-refractivity contribution in [2.75, 3.05) is 11.1 Å². The molecule has 1 N–H and O–H groups in total. The Kier molecular flexibility index (Phi) is 2.73. The van der Waals surface area contributed by atoms with Crippen LogP contribution in [-0.4, -0.2) is 10.7 Å². The van der Waals surface area contributed by atoms with Gasteiger partial charge in [-0.2, -0.15) is 4.39 Å². The molecular formula is C13H11FN2S. The number of nitrogens with zero attached hydrogens (tertiary/aromatic N) is 1. The van der Waals surface area contributed by atoms with E-state index in [0.29, 0.717) is 5.82 Å². The molecule has 2 nitrogen and oxygen atoms in total. The minimum Gasteiger partial charge on any atom is -0.362 e. The highest BCUT2D eigenvalue weighted by molar-refractivity contribution is 7.99. The lowest BCUT2D eigenvalue weighted by Gasteiger charge is -2.13. The van der Waals surface area contributed by atoms with Crippen LogP contribution < -0.4 is 5.32 Å². The third-order valence-corrected chi connectivity index (χ3v) is 3.92. The number of anilines is 1. The largest absolute Gasteiger partial charge is 0.362 e. The molecule has 0 spiro atoms. The number of thioether (sulfide) groups is 1. The molecular weight excluding hydrogens is 235 g/mol. The predicted octanol–water partition coefficient (Wildman–Crippen LogP) is 3.48. The minimum absolute atomic E-state index is 0.213. The lowest BCUT2D eigenvalue weighted by molar-refractivity contribution is 0.584. The second-order valence-corrected chi connectivity index (χ2v) is 4.95. The second-order valence-electron chi connectivity index (χ2n) is 3.89. The van der Waals surface area contributed by atoms with Gasteiger partial charge in [0, 0.05) is 10.6 Å². The molecule has 1 aromatic carbocycles. The van der Waals surface area contributed by atoms with Crippen LogP contribution in [0.1, 0.15) is 11.6 Å². The van der Waals surface area contributed by atoms with Gasteiger partial charge in [-0.3, -0.25) is 0 Å². The topological polar surface area (TPSA) is 24.9 Å². The van der Waals surface area contributed by atoms with Crippen molar-refractivity contribution in [3.63, 3.8) is 0 Å². The van der Waals surface area contributed by atoms with Crippen LogP contribution in [0.15, 0.2) is 47.4 Å². The molecule has 0 saturated heterocycles. The molecule has 2 aromatic rings. The lowest BCUT2D eigenvalue weighted by Crippen LogP contribution is -2.11. The fourth-order valence-electron chi connectivity index (χ4n) is 1.95. The van der Waals surface area contributed by atoms with Gasteiger partial charge in [0.2, 0.25) is 5.95 Å². The standard InChI is InChI=1S/C13H11FN2S/c14-12-6-3-7-13(16-12)15-10-8-17-11-5-2-1-4-9(10)11/h1-7,10H,8H2,(H,15,16). The van der Waals surface area contributed by atoms with Crippen molar-refractivity contribution in [3.8, 4) is 0 Å². The van der Waals surface area contributed by atoms with Crippen LogP contribution in [0.3, 0.4) is 0 Å². The summed E-state index contributed by atoms with van der Waals surface area (Å²) in [5, 5.41) is 3.27. The zero-order chi connectivity index (χ0) is 11.7. The first-order valence-electron chi connectivity index (χ1n) is 5.44. The van der Waals surface area contributed by atoms with E-state index in [-0.39, 0.29) is 6.04 Å². The molecule has 0 amide bonds. The summed E-state index contributed by atoms with van der Waals surface area (Å²) in [5.74, 6) is 1.10. The average Bonchev–Trinajstić information content (AvgIpc) is 2.73. The Morgan fingerprint density at radius 3 is 2.94 bits per heavy atom. The fourth-order valence-corrected chi connectivity index (χ4v) is 3.11. The van der Waals surface area contributed by atoms with Gasteiger partial charge in [0.05, 0.1) is 6.04 Å². The third kappa shape index (κ3) is 2.13. The van der Waals surface area contributed by atoms with E-state index < -0.39 is 5.95 Å². The molecule has 2 heterocycles. The van der Waals surface area contributed by atoms with Gasteiger partial charge in [-0.15, -0.1) is 11.8 Å². The van der Waals surface area contributed by atoms with Gasteiger partial charge in [0.25, 0.3) is 0 Å². The van der Waals surface area contributed by atoms with Gasteiger partial charge in [0.1, 0.15) is 5.82 Å². The molecule has 17 heavy (non-hydrogen) atoms. The summed E-state index contributed by atoms with van der Waals surface area (Å²) < 4.78 is 13.0. The molecule has 0 aliphatic carbocycles. The van der Waals surface area contributed by atoms with Crippen LogP contribution in [0, 0.1) is 5.95 Å². The van der Waals surface area contributed by atoms with Crippen molar-refractivity contribution in [1.29, 1.82) is 0 Å². The number of fused-ring (bicyclic) bond motifs is 1. The highest BCUT2D eigenvalue weighted by Gasteiger charge is 2.22. The van der Waals surface area contributed by atoms with E-state index in [2.05, 4.69) is 22.4 Å². The number of hydrogen-bond acceptors (Lipinski definition) is 3. The normalized spacial score (nSPS) is 17.8. The van der Waals surface area contributed by atoms with Gasteiger partial charge in [0.15, 0.2) is 0 Å². The van der Waals surface area contributed by atoms with Crippen molar-refractivity contribution in [2.45, 2.75) is 10.9 Å². The molecule has 1 aliphatic rings. The molecule has 0 radical (unpaired) electrons. The van der Waals surface area contributed by atoms with Gasteiger partial charge in [-0.05, 0) is 23.8 Å². The summed E-state index contributed by atoms with van der Waals surface area (Å²) in [6, 6.07) is 13.3. The second kappa shape index (κ2) is 4.37. The van der Waals surface area contributed by atoms with Gasteiger partial charge < -0.3 is 5.32 Å². The SMILES string of the molecule is Fc1cccc(NC2CSc3ccccc32)n1. The van der Waals surface area contributed by atoms with E-state index in [1.807, 2.05) is 23.9 Å². The van der Waals surface area contributed by atoms with E-state index in [1.54, 1.807) is 12.1 Å². The Morgan fingerprint density at radius 1 is 1.18 bits per heavy atom. The molecule has 4 heteroatoms. The summed E-state index contributed by atoms with van der Waals surface area (Å²) in [6.07, 6.45) is 0. The molecule has 0 bridgehead atoms. The van der Waals surface area contributed by atoms with Crippen molar-refractivity contribution in [1.82, 2.24) is 4.98 Å². The first kappa shape index (κ1) is 10.6. The minimum atomic E-state index is -0.450. The van der Waals surface area contributed by atoms with Crippen molar-refractivity contribution >= 4 is 17.6 Å².